The molecule has 0 aliphatic heterocycles. The van der Waals surface area contributed by atoms with Gasteiger partial charge in [0.2, 0.25) is 17.5 Å². The van der Waals surface area contributed by atoms with Crippen molar-refractivity contribution in [1.82, 2.24) is 5.32 Å². The molecule has 76 valence electrons. The van der Waals surface area contributed by atoms with E-state index in [0.29, 0.717) is 0 Å². The Morgan fingerprint density at radius 2 is 1.57 bits per heavy atom. The molecule has 7 heteroatoms. The fraction of sp³-hybridized carbons (Fsp3) is 0.286. The van der Waals surface area contributed by atoms with E-state index in [2.05, 4.69) is 4.99 Å². The SMILES string of the molecule is CC(=O)C(=O)N=C(N)NC(=O)C(C)=O. The predicted octanol–water partition coefficient (Wildman–Crippen LogP) is -1.88. The Hall–Kier alpha value is -2.05. The average molecular weight is 199 g/mol. The molecule has 0 aliphatic rings. The highest BCUT2D eigenvalue weighted by atomic mass is 16.2. The Morgan fingerprint density at radius 3 is 1.93 bits per heavy atom. The molecule has 0 aromatic heterocycles. The normalized spacial score (nSPS) is 10.6. The van der Waals surface area contributed by atoms with Crippen molar-refractivity contribution in [1.29, 1.82) is 0 Å². The lowest BCUT2D eigenvalue weighted by atomic mass is 10.4. The fourth-order valence-corrected chi connectivity index (χ4v) is 0.420. The highest BCUT2D eigenvalue weighted by molar-refractivity contribution is 6.40. The highest BCUT2D eigenvalue weighted by Gasteiger charge is 2.11. The standard InChI is InChI=1S/C7H9N3O4/c1-3(11)5(13)9-7(8)10-6(14)4(2)12/h1-2H3,(H3,8,9,10,13,14). The van der Waals surface area contributed by atoms with Gasteiger partial charge in [-0.25, -0.2) is 0 Å². The number of hydrogen-bond donors (Lipinski definition) is 2. The van der Waals surface area contributed by atoms with Gasteiger partial charge in [-0.05, 0) is 0 Å². The number of rotatable bonds is 2. The van der Waals surface area contributed by atoms with E-state index in [1.807, 2.05) is 5.32 Å². The van der Waals surface area contributed by atoms with Crippen LogP contribution in [-0.2, 0) is 19.2 Å². The number of guanidine groups is 1. The summed E-state index contributed by atoms with van der Waals surface area (Å²) in [5, 5.41) is 1.83. The lowest BCUT2D eigenvalue weighted by Gasteiger charge is -1.99. The van der Waals surface area contributed by atoms with Gasteiger partial charge in [-0.1, -0.05) is 0 Å². The Morgan fingerprint density at radius 1 is 1.07 bits per heavy atom. The number of carbonyl (C=O) groups excluding carboxylic acids is 4. The molecule has 0 aliphatic carbocycles. The Bertz CT molecular complexity index is 332. The van der Waals surface area contributed by atoms with E-state index < -0.39 is 29.3 Å². The summed E-state index contributed by atoms with van der Waals surface area (Å²) in [5.74, 6) is -4.26. The van der Waals surface area contributed by atoms with Gasteiger partial charge in [0.25, 0.3) is 5.91 Å². The number of nitrogens with one attached hydrogen (secondary N) is 1. The number of amides is 2. The van der Waals surface area contributed by atoms with Crippen molar-refractivity contribution in [3.8, 4) is 0 Å². The van der Waals surface area contributed by atoms with Gasteiger partial charge >= 0.3 is 5.91 Å². The average Bonchev–Trinajstić information content (AvgIpc) is 2.03. The van der Waals surface area contributed by atoms with Crippen LogP contribution in [0.2, 0.25) is 0 Å². The number of hydrogen-bond acceptors (Lipinski definition) is 4. The zero-order valence-corrected chi connectivity index (χ0v) is 7.66. The molecule has 14 heavy (non-hydrogen) atoms. The third-order valence-corrected chi connectivity index (χ3v) is 1.08. The van der Waals surface area contributed by atoms with Gasteiger partial charge in [0.05, 0.1) is 0 Å². The molecule has 0 heterocycles. The largest absolute Gasteiger partial charge is 0.369 e. The molecule has 2 amide bonds. The van der Waals surface area contributed by atoms with Gasteiger partial charge in [0, 0.05) is 13.8 Å². The van der Waals surface area contributed by atoms with Crippen LogP contribution in [0, 0.1) is 0 Å². The van der Waals surface area contributed by atoms with Crippen molar-refractivity contribution >= 4 is 29.3 Å². The molecule has 0 aromatic rings. The second-order valence-corrected chi connectivity index (χ2v) is 2.37. The number of nitrogens with zero attached hydrogens (tertiary/aromatic N) is 1. The smallest absolute Gasteiger partial charge is 0.315 e. The molecule has 0 radical (unpaired) electrons. The summed E-state index contributed by atoms with van der Waals surface area (Å²) >= 11 is 0. The molecule has 0 atom stereocenters. The van der Waals surface area contributed by atoms with E-state index in [1.165, 1.54) is 0 Å². The van der Waals surface area contributed by atoms with Crippen LogP contribution in [0.1, 0.15) is 13.8 Å². The molecule has 0 bridgehead atoms. The fourth-order valence-electron chi connectivity index (χ4n) is 0.420. The minimum atomic E-state index is -1.09. The van der Waals surface area contributed by atoms with E-state index in [9.17, 15) is 19.2 Å². The Kier molecular flexibility index (Phi) is 4.14. The van der Waals surface area contributed by atoms with Crippen LogP contribution in [0.5, 0.6) is 0 Å². The quantitative estimate of drug-likeness (QED) is 0.306. The monoisotopic (exact) mass is 199 g/mol. The molecule has 0 saturated carbocycles. The maximum Gasteiger partial charge on any atom is 0.315 e. The summed E-state index contributed by atoms with van der Waals surface area (Å²) < 4.78 is 0. The van der Waals surface area contributed by atoms with Crippen LogP contribution < -0.4 is 11.1 Å². The van der Waals surface area contributed by atoms with E-state index in [-0.39, 0.29) is 0 Å². The molecule has 0 unspecified atom stereocenters. The van der Waals surface area contributed by atoms with Crippen LogP contribution in [-0.4, -0.2) is 29.3 Å². The summed E-state index contributed by atoms with van der Waals surface area (Å²) in [7, 11) is 0. The summed E-state index contributed by atoms with van der Waals surface area (Å²) in [5.41, 5.74) is 5.04. The van der Waals surface area contributed by atoms with Crippen LogP contribution in [0.15, 0.2) is 4.99 Å². The first kappa shape index (κ1) is 11.9. The number of carbonyl (C=O) groups is 4. The molecule has 0 spiro atoms. The third kappa shape index (κ3) is 4.10. The molecule has 7 nitrogen and oxygen atoms in total. The van der Waals surface area contributed by atoms with Crippen molar-refractivity contribution in [2.75, 3.05) is 0 Å². The van der Waals surface area contributed by atoms with Crippen molar-refractivity contribution in [3.63, 3.8) is 0 Å². The van der Waals surface area contributed by atoms with Crippen LogP contribution in [0.4, 0.5) is 0 Å². The molecular formula is C7H9N3O4. The van der Waals surface area contributed by atoms with Gasteiger partial charge in [0.1, 0.15) is 0 Å². The maximum absolute atomic E-state index is 10.7. The van der Waals surface area contributed by atoms with E-state index in [0.717, 1.165) is 13.8 Å². The molecule has 0 aromatic carbocycles. The Balaban J connectivity index is 4.42. The molecule has 3 N–H and O–H groups in total. The molecular weight excluding hydrogens is 190 g/mol. The summed E-state index contributed by atoms with van der Waals surface area (Å²) in [6, 6.07) is 0. The number of Topliss-reactive ketones (excluding diaryl/α,β-unsaturated/α-hetero) is 2. The number of nitrogens with two attached hydrogens (primary N) is 1. The second-order valence-electron chi connectivity index (χ2n) is 2.37. The first-order valence-electron chi connectivity index (χ1n) is 3.55. The number of ketones is 2. The lowest BCUT2D eigenvalue weighted by molar-refractivity contribution is -0.135. The third-order valence-electron chi connectivity index (χ3n) is 1.08. The van der Waals surface area contributed by atoms with Crippen LogP contribution in [0.25, 0.3) is 0 Å². The van der Waals surface area contributed by atoms with E-state index in [1.54, 1.807) is 0 Å². The predicted molar refractivity (Wildman–Crippen MR) is 46.1 cm³/mol. The van der Waals surface area contributed by atoms with Gasteiger partial charge in [0.15, 0.2) is 0 Å². The lowest BCUT2D eigenvalue weighted by Crippen LogP contribution is -2.40. The topological polar surface area (TPSA) is 119 Å². The first-order chi connectivity index (χ1) is 6.34. The zero-order valence-electron chi connectivity index (χ0n) is 7.66. The molecule has 0 rings (SSSR count). The minimum absolute atomic E-state index is 0.578. The summed E-state index contributed by atoms with van der Waals surface area (Å²) in [6.45, 7) is 2.03. The van der Waals surface area contributed by atoms with E-state index >= 15 is 0 Å². The van der Waals surface area contributed by atoms with Gasteiger partial charge in [-0.3, -0.25) is 24.5 Å². The minimum Gasteiger partial charge on any atom is -0.369 e. The summed E-state index contributed by atoms with van der Waals surface area (Å²) in [4.78, 5) is 45.2. The molecule has 0 saturated heterocycles. The number of aliphatic imine (C=N–C) groups is 1. The molecule has 0 fully saturated rings. The highest BCUT2D eigenvalue weighted by Crippen LogP contribution is 1.78. The van der Waals surface area contributed by atoms with Crippen molar-refractivity contribution < 1.29 is 19.2 Å². The zero-order chi connectivity index (χ0) is 11.3. The van der Waals surface area contributed by atoms with Crippen molar-refractivity contribution in [2.45, 2.75) is 13.8 Å². The van der Waals surface area contributed by atoms with Gasteiger partial charge in [-0.2, -0.15) is 4.99 Å². The first-order valence-corrected chi connectivity index (χ1v) is 3.55. The van der Waals surface area contributed by atoms with E-state index in [4.69, 9.17) is 5.73 Å². The van der Waals surface area contributed by atoms with Crippen molar-refractivity contribution in [3.05, 3.63) is 0 Å². The van der Waals surface area contributed by atoms with Crippen molar-refractivity contribution in [2.24, 2.45) is 10.7 Å². The second kappa shape index (κ2) is 4.85. The van der Waals surface area contributed by atoms with Crippen LogP contribution >= 0.6 is 0 Å². The van der Waals surface area contributed by atoms with Gasteiger partial charge < -0.3 is 5.73 Å². The Labute approximate surface area is 79.4 Å². The van der Waals surface area contributed by atoms with Crippen LogP contribution in [0.3, 0.4) is 0 Å². The summed E-state index contributed by atoms with van der Waals surface area (Å²) in [6.07, 6.45) is 0. The maximum atomic E-state index is 10.7. The van der Waals surface area contributed by atoms with Gasteiger partial charge in [-0.15, -0.1) is 0 Å².